The van der Waals surface area contributed by atoms with Crippen molar-refractivity contribution in [3.8, 4) is 0 Å². The predicted octanol–water partition coefficient (Wildman–Crippen LogP) is 1.36. The summed E-state index contributed by atoms with van der Waals surface area (Å²) in [4.78, 5) is 3.88. The van der Waals surface area contributed by atoms with E-state index in [1.807, 2.05) is 13.8 Å². The van der Waals surface area contributed by atoms with Crippen LogP contribution >= 0.6 is 0 Å². The highest BCUT2D eigenvalue weighted by molar-refractivity contribution is 6.30. The number of rotatable bonds is 2. The van der Waals surface area contributed by atoms with Crippen LogP contribution in [0.2, 0.25) is 0 Å². The first kappa shape index (κ1) is 7.34. The van der Waals surface area contributed by atoms with Crippen molar-refractivity contribution in [1.82, 2.24) is 0 Å². The maximum absolute atomic E-state index is 6.83. The first-order valence-electron chi connectivity index (χ1n) is 2.69. The van der Waals surface area contributed by atoms with Crippen LogP contribution in [-0.4, -0.2) is 19.0 Å². The molecule has 0 bridgehead atoms. The standard InChI is InChI=1S/C6H12N2/c1-5(2)6(4-7)8-3/h4-5,7H,1-3H3. The molecule has 2 heteroatoms. The fourth-order valence-electron chi connectivity index (χ4n) is 0.489. The molecule has 1 N–H and O–H groups in total. The molecular weight excluding hydrogens is 100 g/mol. The van der Waals surface area contributed by atoms with Gasteiger partial charge in [0, 0.05) is 13.3 Å². The highest BCUT2D eigenvalue weighted by atomic mass is 14.7. The Kier molecular flexibility index (Phi) is 3.08. The molecule has 2 nitrogen and oxygen atoms in total. The van der Waals surface area contributed by atoms with Gasteiger partial charge in [0.05, 0.1) is 5.71 Å². The van der Waals surface area contributed by atoms with E-state index >= 15 is 0 Å². The third-order valence-corrected chi connectivity index (χ3v) is 0.998. The largest absolute Gasteiger partial charge is 0.307 e. The van der Waals surface area contributed by atoms with Crippen LogP contribution in [0.1, 0.15) is 13.8 Å². The molecule has 0 heterocycles. The number of nitrogens with one attached hydrogen (secondary N) is 1. The second-order valence-corrected chi connectivity index (χ2v) is 1.95. The van der Waals surface area contributed by atoms with Gasteiger partial charge in [-0.1, -0.05) is 13.8 Å². The Morgan fingerprint density at radius 3 is 2.12 bits per heavy atom. The Labute approximate surface area is 50.1 Å². The van der Waals surface area contributed by atoms with Gasteiger partial charge in [-0.25, -0.2) is 0 Å². The van der Waals surface area contributed by atoms with Crippen LogP contribution in [-0.2, 0) is 0 Å². The SMILES string of the molecule is CN=C(C=N)C(C)C. The van der Waals surface area contributed by atoms with E-state index < -0.39 is 0 Å². The average Bonchev–Trinajstić information content (AvgIpc) is 1.69. The molecule has 0 atom stereocenters. The molecule has 0 fully saturated rings. The van der Waals surface area contributed by atoms with Crippen molar-refractivity contribution in [2.24, 2.45) is 10.9 Å². The van der Waals surface area contributed by atoms with E-state index in [1.54, 1.807) is 7.05 Å². The smallest absolute Gasteiger partial charge is 0.0545 e. The van der Waals surface area contributed by atoms with E-state index in [4.69, 9.17) is 5.41 Å². The van der Waals surface area contributed by atoms with E-state index in [0.717, 1.165) is 5.71 Å². The first-order valence-corrected chi connectivity index (χ1v) is 2.69. The molecule has 0 amide bonds. The Morgan fingerprint density at radius 1 is 1.62 bits per heavy atom. The van der Waals surface area contributed by atoms with Crippen molar-refractivity contribution in [1.29, 1.82) is 5.41 Å². The van der Waals surface area contributed by atoms with E-state index in [1.165, 1.54) is 6.21 Å². The number of aliphatic imine (C=N–C) groups is 1. The van der Waals surface area contributed by atoms with Gasteiger partial charge < -0.3 is 5.41 Å². The first-order chi connectivity index (χ1) is 3.72. The Bertz CT molecular complexity index is 103. The predicted molar refractivity (Wildman–Crippen MR) is 37.0 cm³/mol. The maximum atomic E-state index is 6.83. The van der Waals surface area contributed by atoms with Gasteiger partial charge in [-0.2, -0.15) is 0 Å². The molecule has 8 heavy (non-hydrogen) atoms. The van der Waals surface area contributed by atoms with E-state index in [2.05, 4.69) is 4.99 Å². The maximum Gasteiger partial charge on any atom is 0.0545 e. The fraction of sp³-hybridized carbons (Fsp3) is 0.667. The monoisotopic (exact) mass is 112 g/mol. The van der Waals surface area contributed by atoms with Gasteiger partial charge >= 0.3 is 0 Å². The highest BCUT2D eigenvalue weighted by Crippen LogP contribution is 1.92. The third kappa shape index (κ3) is 1.87. The molecule has 0 unspecified atom stereocenters. The van der Waals surface area contributed by atoms with Crippen LogP contribution in [0.15, 0.2) is 4.99 Å². The summed E-state index contributed by atoms with van der Waals surface area (Å²) in [5, 5.41) is 6.83. The summed E-state index contributed by atoms with van der Waals surface area (Å²) in [6.45, 7) is 4.04. The molecule has 0 saturated heterocycles. The van der Waals surface area contributed by atoms with Crippen molar-refractivity contribution >= 4 is 11.9 Å². The van der Waals surface area contributed by atoms with Gasteiger partial charge in [0.2, 0.25) is 0 Å². The van der Waals surface area contributed by atoms with Gasteiger partial charge in [0.1, 0.15) is 0 Å². The van der Waals surface area contributed by atoms with Crippen LogP contribution in [0.3, 0.4) is 0 Å². The molecule has 0 radical (unpaired) electrons. The Hall–Kier alpha value is -0.660. The molecule has 0 saturated carbocycles. The van der Waals surface area contributed by atoms with E-state index in [9.17, 15) is 0 Å². The van der Waals surface area contributed by atoms with Crippen LogP contribution in [0.4, 0.5) is 0 Å². The highest BCUT2D eigenvalue weighted by Gasteiger charge is 1.96. The summed E-state index contributed by atoms with van der Waals surface area (Å²) in [6, 6.07) is 0. The topological polar surface area (TPSA) is 36.2 Å². The lowest BCUT2D eigenvalue weighted by molar-refractivity contribution is 0.892. The van der Waals surface area contributed by atoms with Crippen LogP contribution < -0.4 is 0 Å². The normalized spacial score (nSPS) is 12.2. The number of nitrogens with zero attached hydrogens (tertiary/aromatic N) is 1. The van der Waals surface area contributed by atoms with Gasteiger partial charge in [0.25, 0.3) is 0 Å². The molecule has 0 aromatic rings. The Morgan fingerprint density at radius 2 is 2.12 bits per heavy atom. The zero-order chi connectivity index (χ0) is 6.57. The van der Waals surface area contributed by atoms with E-state index in [0.29, 0.717) is 5.92 Å². The van der Waals surface area contributed by atoms with Crippen molar-refractivity contribution in [2.75, 3.05) is 7.05 Å². The lowest BCUT2D eigenvalue weighted by Crippen LogP contribution is -2.07. The van der Waals surface area contributed by atoms with Gasteiger partial charge in [-0.15, -0.1) is 0 Å². The van der Waals surface area contributed by atoms with Gasteiger partial charge in [-0.05, 0) is 5.92 Å². The summed E-state index contributed by atoms with van der Waals surface area (Å²) >= 11 is 0. The minimum absolute atomic E-state index is 0.387. The molecule has 46 valence electrons. The zero-order valence-electron chi connectivity index (χ0n) is 5.60. The molecule has 0 aliphatic heterocycles. The van der Waals surface area contributed by atoms with Crippen molar-refractivity contribution < 1.29 is 0 Å². The summed E-state index contributed by atoms with van der Waals surface area (Å²) in [7, 11) is 1.71. The van der Waals surface area contributed by atoms with Gasteiger partial charge in [-0.3, -0.25) is 4.99 Å². The molecule has 0 rings (SSSR count). The second-order valence-electron chi connectivity index (χ2n) is 1.95. The van der Waals surface area contributed by atoms with E-state index in [-0.39, 0.29) is 0 Å². The summed E-state index contributed by atoms with van der Waals surface area (Å²) in [5.41, 5.74) is 0.852. The average molecular weight is 112 g/mol. The molecule has 0 aliphatic rings. The quantitative estimate of drug-likeness (QED) is 0.524. The zero-order valence-corrected chi connectivity index (χ0v) is 5.60. The molecule has 0 spiro atoms. The minimum Gasteiger partial charge on any atom is -0.307 e. The molecule has 0 aliphatic carbocycles. The lowest BCUT2D eigenvalue weighted by Gasteiger charge is -1.99. The number of hydrogen-bond acceptors (Lipinski definition) is 2. The van der Waals surface area contributed by atoms with Gasteiger partial charge in [0.15, 0.2) is 0 Å². The van der Waals surface area contributed by atoms with Crippen molar-refractivity contribution in [2.45, 2.75) is 13.8 Å². The Balaban J connectivity index is 3.91. The third-order valence-electron chi connectivity index (χ3n) is 0.998. The van der Waals surface area contributed by atoms with Crippen LogP contribution in [0, 0.1) is 11.3 Å². The number of hydrogen-bond donors (Lipinski definition) is 1. The van der Waals surface area contributed by atoms with Crippen LogP contribution in [0.25, 0.3) is 0 Å². The fourth-order valence-corrected chi connectivity index (χ4v) is 0.489. The summed E-state index contributed by atoms with van der Waals surface area (Å²) in [5.74, 6) is 0.387. The molecule has 0 aromatic heterocycles. The molecular formula is C6H12N2. The lowest BCUT2D eigenvalue weighted by atomic mass is 10.1. The van der Waals surface area contributed by atoms with Crippen molar-refractivity contribution in [3.63, 3.8) is 0 Å². The van der Waals surface area contributed by atoms with Crippen LogP contribution in [0.5, 0.6) is 0 Å². The summed E-state index contributed by atoms with van der Waals surface area (Å²) in [6.07, 6.45) is 1.30. The summed E-state index contributed by atoms with van der Waals surface area (Å²) < 4.78 is 0. The minimum atomic E-state index is 0.387. The molecule has 0 aromatic carbocycles. The van der Waals surface area contributed by atoms with Crippen molar-refractivity contribution in [3.05, 3.63) is 0 Å². The second kappa shape index (κ2) is 3.36.